The molecule has 5 heteroatoms. The van der Waals surface area contributed by atoms with Crippen molar-refractivity contribution in [2.45, 2.75) is 70.4 Å². The van der Waals surface area contributed by atoms with Crippen LogP contribution in [0.2, 0.25) is 0 Å². The van der Waals surface area contributed by atoms with Crippen LogP contribution in [0.25, 0.3) is 0 Å². The van der Waals surface area contributed by atoms with Crippen molar-refractivity contribution >= 4 is 11.8 Å². The Hall–Kier alpha value is -1.10. The number of carbonyl (C=O) groups excluding carboxylic acids is 2. The molecule has 1 heterocycles. The Balaban J connectivity index is 1.60. The van der Waals surface area contributed by atoms with E-state index in [1.807, 2.05) is 11.8 Å². The molecule has 2 fully saturated rings. The number of nitrogens with one attached hydrogen (secondary N) is 2. The average molecular weight is 295 g/mol. The van der Waals surface area contributed by atoms with E-state index >= 15 is 0 Å². The molecule has 1 atom stereocenters. The molecule has 2 amide bonds. The molecule has 0 radical (unpaired) electrons. The van der Waals surface area contributed by atoms with E-state index in [1.54, 1.807) is 0 Å². The summed E-state index contributed by atoms with van der Waals surface area (Å²) in [6, 6.07) is 0.136. The van der Waals surface area contributed by atoms with Gasteiger partial charge >= 0.3 is 0 Å². The van der Waals surface area contributed by atoms with E-state index < -0.39 is 0 Å². The zero-order valence-corrected chi connectivity index (χ0v) is 13.2. The van der Waals surface area contributed by atoms with Gasteiger partial charge < -0.3 is 15.5 Å². The van der Waals surface area contributed by atoms with Gasteiger partial charge in [0.1, 0.15) is 0 Å². The highest BCUT2D eigenvalue weighted by atomic mass is 16.2. The Morgan fingerprint density at radius 3 is 2.43 bits per heavy atom. The van der Waals surface area contributed by atoms with Crippen molar-refractivity contribution in [1.82, 2.24) is 15.5 Å². The smallest absolute Gasteiger partial charge is 0.237 e. The highest BCUT2D eigenvalue weighted by molar-refractivity contribution is 5.81. The number of likely N-dealkylation sites (tertiary alicyclic amines) is 1. The third-order valence-corrected chi connectivity index (χ3v) is 4.59. The molecule has 120 valence electrons. The van der Waals surface area contributed by atoms with Gasteiger partial charge in [0.2, 0.25) is 11.8 Å². The normalized spacial score (nSPS) is 21.3. The van der Waals surface area contributed by atoms with Gasteiger partial charge in [0, 0.05) is 32.1 Å². The molecule has 1 aliphatic heterocycles. The van der Waals surface area contributed by atoms with Gasteiger partial charge in [-0.1, -0.05) is 12.8 Å². The summed E-state index contributed by atoms with van der Waals surface area (Å²) in [5.74, 6) is 0.276. The number of piperidine rings is 1. The van der Waals surface area contributed by atoms with Crippen LogP contribution in [0.4, 0.5) is 0 Å². The summed E-state index contributed by atoms with van der Waals surface area (Å²) in [4.78, 5) is 26.0. The maximum Gasteiger partial charge on any atom is 0.237 e. The number of carbonyl (C=O) groups is 2. The molecule has 0 spiro atoms. The molecule has 1 unspecified atom stereocenters. The molecular formula is C16H29N3O2. The van der Waals surface area contributed by atoms with E-state index in [-0.39, 0.29) is 17.9 Å². The second-order valence-electron chi connectivity index (χ2n) is 6.36. The predicted octanol–water partition coefficient (Wildman–Crippen LogP) is 1.43. The molecule has 0 aromatic heterocycles. The summed E-state index contributed by atoms with van der Waals surface area (Å²) in [6.07, 6.45) is 8.62. The van der Waals surface area contributed by atoms with Gasteiger partial charge in [-0.25, -0.2) is 0 Å². The maximum absolute atomic E-state index is 12.0. The van der Waals surface area contributed by atoms with Gasteiger partial charge in [-0.15, -0.1) is 0 Å². The first-order chi connectivity index (χ1) is 10.2. The minimum absolute atomic E-state index is 0.0623. The summed E-state index contributed by atoms with van der Waals surface area (Å²) in [5.41, 5.74) is 0. The number of hydrogen-bond acceptors (Lipinski definition) is 3. The number of nitrogens with zero attached hydrogens (tertiary/aromatic N) is 1. The first-order valence-corrected chi connectivity index (χ1v) is 8.48. The third kappa shape index (κ3) is 5.30. The minimum Gasteiger partial charge on any atom is -0.352 e. The number of amides is 2. The van der Waals surface area contributed by atoms with E-state index in [4.69, 9.17) is 0 Å². The van der Waals surface area contributed by atoms with E-state index in [2.05, 4.69) is 10.6 Å². The second kappa shape index (κ2) is 8.37. The predicted molar refractivity (Wildman–Crippen MR) is 82.9 cm³/mol. The first-order valence-electron chi connectivity index (χ1n) is 8.48. The lowest BCUT2D eigenvalue weighted by atomic mass is 10.1. The summed E-state index contributed by atoms with van der Waals surface area (Å²) >= 11 is 0. The quantitative estimate of drug-likeness (QED) is 0.779. The molecule has 21 heavy (non-hydrogen) atoms. The molecular weight excluding hydrogens is 266 g/mol. The van der Waals surface area contributed by atoms with E-state index in [9.17, 15) is 9.59 Å². The monoisotopic (exact) mass is 295 g/mol. The largest absolute Gasteiger partial charge is 0.352 e. The van der Waals surface area contributed by atoms with Crippen molar-refractivity contribution in [3.05, 3.63) is 0 Å². The Labute approximate surface area is 127 Å². The average Bonchev–Trinajstić information content (AvgIpc) is 3.00. The highest BCUT2D eigenvalue weighted by Crippen LogP contribution is 2.17. The summed E-state index contributed by atoms with van der Waals surface area (Å²) in [5, 5.41) is 6.25. The fraction of sp³-hybridized carbons (Fsp3) is 0.875. The van der Waals surface area contributed by atoms with Gasteiger partial charge in [-0.05, 0) is 39.0 Å². The number of rotatable bonds is 6. The fourth-order valence-corrected chi connectivity index (χ4v) is 3.19. The van der Waals surface area contributed by atoms with Crippen LogP contribution in [0.5, 0.6) is 0 Å². The van der Waals surface area contributed by atoms with Crippen molar-refractivity contribution in [3.63, 3.8) is 0 Å². The lowest BCUT2D eigenvalue weighted by Crippen LogP contribution is -2.46. The topological polar surface area (TPSA) is 61.4 Å². The molecule has 2 N–H and O–H groups in total. The molecule has 1 saturated carbocycles. The van der Waals surface area contributed by atoms with Crippen molar-refractivity contribution < 1.29 is 9.59 Å². The van der Waals surface area contributed by atoms with Crippen LogP contribution < -0.4 is 10.6 Å². The maximum atomic E-state index is 12.0. The van der Waals surface area contributed by atoms with E-state index in [1.165, 1.54) is 19.3 Å². The minimum atomic E-state index is -0.222. The van der Waals surface area contributed by atoms with E-state index in [0.29, 0.717) is 19.0 Å². The van der Waals surface area contributed by atoms with Crippen LogP contribution in [-0.4, -0.2) is 48.4 Å². The SMILES string of the molecule is CC(NCCC(=O)N1CCCCC1)C(=O)NC1CCCC1. The molecule has 2 rings (SSSR count). The van der Waals surface area contributed by atoms with Crippen molar-refractivity contribution in [2.24, 2.45) is 0 Å². The zero-order valence-electron chi connectivity index (χ0n) is 13.2. The molecule has 0 aromatic carbocycles. The van der Waals surface area contributed by atoms with Gasteiger partial charge in [0.25, 0.3) is 0 Å². The Morgan fingerprint density at radius 2 is 1.76 bits per heavy atom. The van der Waals surface area contributed by atoms with Crippen molar-refractivity contribution in [3.8, 4) is 0 Å². The molecule has 0 aromatic rings. The van der Waals surface area contributed by atoms with Crippen LogP contribution in [0.15, 0.2) is 0 Å². The summed E-state index contributed by atoms with van der Waals surface area (Å²) in [7, 11) is 0. The molecule has 0 bridgehead atoms. The first kappa shape index (κ1) is 16.3. The van der Waals surface area contributed by atoms with E-state index in [0.717, 1.165) is 38.8 Å². The van der Waals surface area contributed by atoms with Crippen LogP contribution in [0.3, 0.4) is 0 Å². The Morgan fingerprint density at radius 1 is 1.10 bits per heavy atom. The van der Waals surface area contributed by atoms with Crippen LogP contribution >= 0.6 is 0 Å². The van der Waals surface area contributed by atoms with Gasteiger partial charge in [0.15, 0.2) is 0 Å². The van der Waals surface area contributed by atoms with Crippen LogP contribution in [0.1, 0.15) is 58.3 Å². The Kier molecular flexibility index (Phi) is 6.49. The summed E-state index contributed by atoms with van der Waals surface area (Å²) in [6.45, 7) is 4.25. The zero-order chi connectivity index (χ0) is 15.1. The second-order valence-corrected chi connectivity index (χ2v) is 6.36. The van der Waals surface area contributed by atoms with Crippen molar-refractivity contribution in [2.75, 3.05) is 19.6 Å². The lowest BCUT2D eigenvalue weighted by Gasteiger charge is -2.27. The number of hydrogen-bond donors (Lipinski definition) is 2. The van der Waals surface area contributed by atoms with Gasteiger partial charge in [-0.3, -0.25) is 9.59 Å². The Bertz CT molecular complexity index is 347. The van der Waals surface area contributed by atoms with Crippen LogP contribution in [-0.2, 0) is 9.59 Å². The van der Waals surface area contributed by atoms with Crippen LogP contribution in [0, 0.1) is 0 Å². The van der Waals surface area contributed by atoms with Gasteiger partial charge in [0.05, 0.1) is 6.04 Å². The van der Waals surface area contributed by atoms with Gasteiger partial charge in [-0.2, -0.15) is 0 Å². The lowest BCUT2D eigenvalue weighted by molar-refractivity contribution is -0.132. The molecule has 1 aliphatic carbocycles. The third-order valence-electron chi connectivity index (χ3n) is 4.59. The standard InChI is InChI=1S/C16H29N3O2/c1-13(16(21)18-14-7-3-4-8-14)17-10-9-15(20)19-11-5-2-6-12-19/h13-14,17H,2-12H2,1H3,(H,18,21). The molecule has 5 nitrogen and oxygen atoms in total. The summed E-state index contributed by atoms with van der Waals surface area (Å²) < 4.78 is 0. The molecule has 2 aliphatic rings. The molecule has 1 saturated heterocycles. The highest BCUT2D eigenvalue weighted by Gasteiger charge is 2.21. The fourth-order valence-electron chi connectivity index (χ4n) is 3.19. The van der Waals surface area contributed by atoms with Crippen molar-refractivity contribution in [1.29, 1.82) is 0 Å².